The van der Waals surface area contributed by atoms with Gasteiger partial charge in [0.15, 0.2) is 0 Å². The molecule has 0 aromatic rings. The highest BCUT2D eigenvalue weighted by Crippen LogP contribution is 2.14. The van der Waals surface area contributed by atoms with E-state index in [9.17, 15) is 22.8 Å². The maximum Gasteiger partial charge on any atom is 0.471 e. The van der Waals surface area contributed by atoms with Crippen molar-refractivity contribution >= 4 is 11.9 Å². The molecule has 0 saturated carbocycles. The molecule has 0 fully saturated rings. The van der Waals surface area contributed by atoms with Crippen molar-refractivity contribution in [2.24, 2.45) is 5.41 Å². The van der Waals surface area contributed by atoms with E-state index < -0.39 is 24.6 Å². The van der Waals surface area contributed by atoms with Crippen molar-refractivity contribution in [3.05, 3.63) is 0 Å². The Bertz CT molecular complexity index is 268. The van der Waals surface area contributed by atoms with E-state index in [2.05, 4.69) is 4.74 Å². The highest BCUT2D eigenvalue weighted by molar-refractivity contribution is 5.85. The van der Waals surface area contributed by atoms with Crippen molar-refractivity contribution in [1.82, 2.24) is 5.32 Å². The van der Waals surface area contributed by atoms with Gasteiger partial charge in [0.2, 0.25) is 0 Å². The molecule has 0 saturated heterocycles. The number of carbonyl (C=O) groups is 2. The Morgan fingerprint density at radius 1 is 1.19 bits per heavy atom. The summed E-state index contributed by atoms with van der Waals surface area (Å²) in [6.45, 7) is 4.69. The van der Waals surface area contributed by atoms with Crippen molar-refractivity contribution in [2.45, 2.75) is 26.9 Å². The molecule has 4 nitrogen and oxygen atoms in total. The third-order valence-corrected chi connectivity index (χ3v) is 1.32. The quantitative estimate of drug-likeness (QED) is 0.757. The summed E-state index contributed by atoms with van der Waals surface area (Å²) in [6.07, 6.45) is -4.98. The Balaban J connectivity index is 3.88. The molecule has 0 aromatic carbocycles. The smallest absolute Gasteiger partial charge is 0.464 e. The van der Waals surface area contributed by atoms with Crippen LogP contribution in [0.25, 0.3) is 0 Å². The Morgan fingerprint density at radius 3 is 2.06 bits per heavy atom. The Kier molecular flexibility index (Phi) is 4.77. The zero-order valence-electron chi connectivity index (χ0n) is 9.27. The normalized spacial score (nSPS) is 12.1. The second-order valence-corrected chi connectivity index (χ2v) is 4.40. The van der Waals surface area contributed by atoms with Gasteiger partial charge in [-0.15, -0.1) is 0 Å². The summed E-state index contributed by atoms with van der Waals surface area (Å²) in [4.78, 5) is 21.2. The van der Waals surface area contributed by atoms with Crippen LogP contribution in [0.15, 0.2) is 0 Å². The third-order valence-electron chi connectivity index (χ3n) is 1.32. The van der Waals surface area contributed by atoms with Crippen molar-refractivity contribution in [1.29, 1.82) is 0 Å². The fraction of sp³-hybridized carbons (Fsp3) is 0.778. The van der Waals surface area contributed by atoms with Crippen LogP contribution in [0, 0.1) is 5.41 Å². The largest absolute Gasteiger partial charge is 0.471 e. The number of halogens is 3. The van der Waals surface area contributed by atoms with Crippen molar-refractivity contribution in [3.8, 4) is 0 Å². The lowest BCUT2D eigenvalue weighted by Crippen LogP contribution is -2.40. The molecule has 7 heteroatoms. The van der Waals surface area contributed by atoms with Crippen molar-refractivity contribution in [3.63, 3.8) is 0 Å². The Labute approximate surface area is 91.1 Å². The molecule has 16 heavy (non-hydrogen) atoms. The lowest BCUT2D eigenvalue weighted by atomic mass is 9.99. The molecule has 0 bridgehead atoms. The maximum atomic E-state index is 11.7. The number of hydrogen-bond acceptors (Lipinski definition) is 3. The summed E-state index contributed by atoms with van der Waals surface area (Å²) in [6, 6.07) is 0. The van der Waals surface area contributed by atoms with Gasteiger partial charge in [0.1, 0.15) is 6.54 Å². The zero-order valence-corrected chi connectivity index (χ0v) is 9.27. The minimum atomic E-state index is -4.98. The molecule has 1 N–H and O–H groups in total. The van der Waals surface area contributed by atoms with Gasteiger partial charge in [0.05, 0.1) is 6.61 Å². The monoisotopic (exact) mass is 241 g/mol. The number of nitrogens with one attached hydrogen (secondary N) is 1. The molecule has 0 aliphatic heterocycles. The lowest BCUT2D eigenvalue weighted by molar-refractivity contribution is -0.174. The van der Waals surface area contributed by atoms with Crippen LogP contribution >= 0.6 is 0 Å². The first kappa shape index (κ1) is 14.7. The molecule has 94 valence electrons. The van der Waals surface area contributed by atoms with Gasteiger partial charge in [0.25, 0.3) is 0 Å². The van der Waals surface area contributed by atoms with Crippen LogP contribution in [0.2, 0.25) is 0 Å². The van der Waals surface area contributed by atoms with Crippen LogP contribution in [0.5, 0.6) is 0 Å². The lowest BCUT2D eigenvalue weighted by Gasteiger charge is -2.17. The summed E-state index contributed by atoms with van der Waals surface area (Å²) in [5, 5.41) is 1.42. The van der Waals surface area contributed by atoms with Gasteiger partial charge in [0, 0.05) is 0 Å². The van der Waals surface area contributed by atoms with Gasteiger partial charge in [-0.1, -0.05) is 20.8 Å². The van der Waals surface area contributed by atoms with Gasteiger partial charge in [-0.25, -0.2) is 0 Å². The summed E-state index contributed by atoms with van der Waals surface area (Å²) in [5.74, 6) is -3.05. The topological polar surface area (TPSA) is 55.4 Å². The molecule has 0 aliphatic rings. The van der Waals surface area contributed by atoms with Gasteiger partial charge in [-0.2, -0.15) is 13.2 Å². The van der Waals surface area contributed by atoms with Crippen LogP contribution in [0.1, 0.15) is 20.8 Å². The molecule has 0 atom stereocenters. The maximum absolute atomic E-state index is 11.7. The number of esters is 1. The summed E-state index contributed by atoms with van der Waals surface area (Å²) in [7, 11) is 0. The first-order chi connectivity index (χ1) is 7.02. The molecular formula is C9H14F3NO3. The fourth-order valence-corrected chi connectivity index (χ4v) is 0.601. The average Bonchev–Trinajstić information content (AvgIpc) is 2.08. The minimum absolute atomic E-state index is 0.0771. The first-order valence-corrected chi connectivity index (χ1v) is 4.53. The molecule has 0 radical (unpaired) electrons. The Hall–Kier alpha value is -1.27. The highest BCUT2D eigenvalue weighted by atomic mass is 19.4. The number of amides is 1. The standard InChI is InChI=1S/C9H14F3NO3/c1-8(2,3)5-16-6(14)4-13-7(15)9(10,11)12/h4-5H2,1-3H3,(H,13,15). The predicted octanol–water partition coefficient (Wildman–Crippen LogP) is 1.25. The molecule has 0 rings (SSSR count). The van der Waals surface area contributed by atoms with E-state index >= 15 is 0 Å². The van der Waals surface area contributed by atoms with E-state index in [4.69, 9.17) is 0 Å². The molecule has 0 aromatic heterocycles. The van der Waals surface area contributed by atoms with Gasteiger partial charge >= 0.3 is 18.1 Å². The Morgan fingerprint density at radius 2 is 1.69 bits per heavy atom. The molecule has 0 unspecified atom stereocenters. The van der Waals surface area contributed by atoms with Gasteiger partial charge < -0.3 is 10.1 Å². The van der Waals surface area contributed by atoms with Gasteiger partial charge in [-0.05, 0) is 5.41 Å². The predicted molar refractivity (Wildman–Crippen MR) is 49.5 cm³/mol. The van der Waals surface area contributed by atoms with Gasteiger partial charge in [-0.3, -0.25) is 9.59 Å². The van der Waals surface area contributed by atoms with Crippen LogP contribution in [0.3, 0.4) is 0 Å². The minimum Gasteiger partial charge on any atom is -0.464 e. The number of ether oxygens (including phenoxy) is 1. The molecule has 1 amide bonds. The van der Waals surface area contributed by atoms with Crippen LogP contribution in [-0.2, 0) is 14.3 Å². The second-order valence-electron chi connectivity index (χ2n) is 4.40. The third kappa shape index (κ3) is 7.08. The first-order valence-electron chi connectivity index (χ1n) is 4.53. The average molecular weight is 241 g/mol. The molecule has 0 aliphatic carbocycles. The van der Waals surface area contributed by atoms with E-state index in [-0.39, 0.29) is 12.0 Å². The SMILES string of the molecule is CC(C)(C)COC(=O)CNC(=O)C(F)(F)F. The molecule has 0 spiro atoms. The van der Waals surface area contributed by atoms with Crippen molar-refractivity contribution < 1.29 is 27.5 Å². The van der Waals surface area contributed by atoms with E-state index in [1.54, 1.807) is 20.8 Å². The van der Waals surface area contributed by atoms with Crippen LogP contribution in [0.4, 0.5) is 13.2 Å². The summed E-state index contributed by atoms with van der Waals surface area (Å²) >= 11 is 0. The van der Waals surface area contributed by atoms with Crippen LogP contribution in [-0.4, -0.2) is 31.2 Å². The van der Waals surface area contributed by atoms with E-state index in [1.807, 2.05) is 0 Å². The van der Waals surface area contributed by atoms with E-state index in [0.717, 1.165) is 0 Å². The number of alkyl halides is 3. The van der Waals surface area contributed by atoms with E-state index in [0.29, 0.717) is 0 Å². The van der Waals surface area contributed by atoms with Crippen molar-refractivity contribution in [2.75, 3.05) is 13.2 Å². The highest BCUT2D eigenvalue weighted by Gasteiger charge is 2.38. The number of hydrogen-bond donors (Lipinski definition) is 1. The number of carbonyl (C=O) groups excluding carboxylic acids is 2. The van der Waals surface area contributed by atoms with E-state index in [1.165, 1.54) is 5.32 Å². The fourth-order valence-electron chi connectivity index (χ4n) is 0.601. The van der Waals surface area contributed by atoms with Crippen LogP contribution < -0.4 is 5.32 Å². The summed E-state index contributed by atoms with van der Waals surface area (Å²) in [5.41, 5.74) is -0.274. The number of rotatable bonds is 3. The second kappa shape index (κ2) is 5.18. The summed E-state index contributed by atoms with van der Waals surface area (Å²) < 4.78 is 39.8. The molecule has 0 heterocycles. The zero-order chi connectivity index (χ0) is 13.0. The molecular weight excluding hydrogens is 227 g/mol.